The van der Waals surface area contributed by atoms with Crippen LogP contribution in [0.25, 0.3) is 0 Å². The largest absolute Gasteiger partial charge is 0.388 e. The third-order valence-corrected chi connectivity index (χ3v) is 3.94. The van der Waals surface area contributed by atoms with Gasteiger partial charge in [0.25, 0.3) is 0 Å². The van der Waals surface area contributed by atoms with Crippen LogP contribution in [0.15, 0.2) is 22.7 Å². The van der Waals surface area contributed by atoms with Crippen LogP contribution in [0.1, 0.15) is 19.3 Å². The van der Waals surface area contributed by atoms with Gasteiger partial charge in [0.15, 0.2) is 0 Å². The van der Waals surface area contributed by atoms with E-state index in [0.29, 0.717) is 17.3 Å². The molecule has 0 aliphatic heterocycles. The maximum Gasteiger partial charge on any atom is 0.313 e. The number of carbonyl (C=O) groups is 2. The Hall–Kier alpha value is -1.47. The SMILES string of the molecule is O=C(NCC1(O)CCC1)C(=O)Nc1cc(F)ccc1Br. The smallest absolute Gasteiger partial charge is 0.313 e. The van der Waals surface area contributed by atoms with Crippen LogP contribution >= 0.6 is 15.9 Å². The molecule has 7 heteroatoms. The molecule has 0 saturated heterocycles. The standard InChI is InChI=1S/C13H14BrFN2O3/c14-9-3-2-8(15)6-10(9)17-12(19)11(18)16-7-13(20)4-1-5-13/h2-3,6,20H,1,4-5,7H2,(H,16,18)(H,17,19). The number of hydrogen-bond donors (Lipinski definition) is 3. The highest BCUT2D eigenvalue weighted by molar-refractivity contribution is 9.10. The quantitative estimate of drug-likeness (QED) is 0.728. The van der Waals surface area contributed by atoms with Gasteiger partial charge in [0, 0.05) is 11.0 Å². The van der Waals surface area contributed by atoms with Gasteiger partial charge in [-0.15, -0.1) is 0 Å². The van der Waals surface area contributed by atoms with Gasteiger partial charge in [0.05, 0.1) is 11.3 Å². The average molecular weight is 345 g/mol. The van der Waals surface area contributed by atoms with E-state index in [2.05, 4.69) is 26.6 Å². The summed E-state index contributed by atoms with van der Waals surface area (Å²) in [6.07, 6.45) is 2.14. The van der Waals surface area contributed by atoms with Gasteiger partial charge in [-0.1, -0.05) is 0 Å². The Morgan fingerprint density at radius 2 is 2.05 bits per heavy atom. The van der Waals surface area contributed by atoms with Crippen molar-refractivity contribution in [2.75, 3.05) is 11.9 Å². The second kappa shape index (κ2) is 5.88. The fourth-order valence-electron chi connectivity index (χ4n) is 1.86. The molecule has 0 heterocycles. The van der Waals surface area contributed by atoms with Crippen molar-refractivity contribution in [3.63, 3.8) is 0 Å². The lowest BCUT2D eigenvalue weighted by molar-refractivity contribution is -0.137. The third-order valence-electron chi connectivity index (χ3n) is 3.25. The predicted octanol–water partition coefficient (Wildman–Crippen LogP) is 1.56. The minimum atomic E-state index is -0.903. The highest BCUT2D eigenvalue weighted by atomic mass is 79.9. The molecule has 1 aliphatic rings. The molecule has 1 aromatic carbocycles. The van der Waals surface area contributed by atoms with Gasteiger partial charge in [-0.3, -0.25) is 9.59 Å². The van der Waals surface area contributed by atoms with Gasteiger partial charge in [-0.05, 0) is 53.4 Å². The van der Waals surface area contributed by atoms with E-state index in [0.717, 1.165) is 12.5 Å². The molecule has 0 aromatic heterocycles. The van der Waals surface area contributed by atoms with Crippen LogP contribution in [-0.2, 0) is 9.59 Å². The minimum Gasteiger partial charge on any atom is -0.388 e. The number of carbonyl (C=O) groups excluding carboxylic acids is 2. The van der Waals surface area contributed by atoms with Gasteiger partial charge < -0.3 is 15.7 Å². The topological polar surface area (TPSA) is 78.4 Å². The second-order valence-corrected chi connectivity index (χ2v) is 5.69. The van der Waals surface area contributed by atoms with E-state index in [-0.39, 0.29) is 12.2 Å². The summed E-state index contributed by atoms with van der Waals surface area (Å²) in [6.45, 7) is 0.0452. The minimum absolute atomic E-state index is 0.0452. The molecule has 1 aliphatic carbocycles. The van der Waals surface area contributed by atoms with Crippen LogP contribution in [0.4, 0.5) is 10.1 Å². The Kier molecular flexibility index (Phi) is 4.39. The number of benzene rings is 1. The summed E-state index contributed by atoms with van der Waals surface area (Å²) in [6, 6.07) is 3.76. The number of anilines is 1. The van der Waals surface area contributed by atoms with E-state index in [4.69, 9.17) is 0 Å². The lowest BCUT2D eigenvalue weighted by Gasteiger charge is -2.36. The van der Waals surface area contributed by atoms with Crippen LogP contribution < -0.4 is 10.6 Å². The second-order valence-electron chi connectivity index (χ2n) is 4.84. The summed E-state index contributed by atoms with van der Waals surface area (Å²) in [5.74, 6) is -2.28. The summed E-state index contributed by atoms with van der Waals surface area (Å²) >= 11 is 3.15. The van der Waals surface area contributed by atoms with Crippen molar-refractivity contribution in [1.82, 2.24) is 5.32 Å². The maximum absolute atomic E-state index is 13.1. The predicted molar refractivity (Wildman–Crippen MR) is 74.5 cm³/mol. The molecule has 1 fully saturated rings. The lowest BCUT2D eigenvalue weighted by Crippen LogP contribution is -2.49. The first-order valence-corrected chi connectivity index (χ1v) is 6.96. The number of rotatable bonds is 3. The molecule has 2 rings (SSSR count). The summed E-state index contributed by atoms with van der Waals surface area (Å²) in [5.41, 5.74) is -0.720. The molecule has 0 unspecified atom stereocenters. The first kappa shape index (κ1) is 14.9. The molecule has 0 atom stereocenters. The van der Waals surface area contributed by atoms with Crippen molar-refractivity contribution in [2.45, 2.75) is 24.9 Å². The fourth-order valence-corrected chi connectivity index (χ4v) is 2.20. The monoisotopic (exact) mass is 344 g/mol. The average Bonchev–Trinajstić information content (AvgIpc) is 2.38. The van der Waals surface area contributed by atoms with Gasteiger partial charge in [0.2, 0.25) is 0 Å². The molecule has 0 radical (unpaired) electrons. The summed E-state index contributed by atoms with van der Waals surface area (Å²) < 4.78 is 13.5. The molecular formula is C13H14BrFN2O3. The Morgan fingerprint density at radius 1 is 1.35 bits per heavy atom. The van der Waals surface area contributed by atoms with Gasteiger partial charge in [-0.2, -0.15) is 0 Å². The van der Waals surface area contributed by atoms with E-state index < -0.39 is 23.2 Å². The molecule has 0 spiro atoms. The first-order valence-electron chi connectivity index (χ1n) is 6.16. The van der Waals surface area contributed by atoms with Crippen LogP contribution in [0.3, 0.4) is 0 Å². The Morgan fingerprint density at radius 3 is 2.65 bits per heavy atom. The van der Waals surface area contributed by atoms with Crippen molar-refractivity contribution in [3.05, 3.63) is 28.5 Å². The molecule has 20 heavy (non-hydrogen) atoms. The van der Waals surface area contributed by atoms with Crippen LogP contribution in [0, 0.1) is 5.82 Å². The van der Waals surface area contributed by atoms with Crippen LogP contribution in [-0.4, -0.2) is 29.1 Å². The lowest BCUT2D eigenvalue weighted by atomic mass is 9.80. The molecule has 3 N–H and O–H groups in total. The highest BCUT2D eigenvalue weighted by Crippen LogP contribution is 2.30. The van der Waals surface area contributed by atoms with E-state index in [1.807, 2.05) is 0 Å². The Bertz CT molecular complexity index is 546. The van der Waals surface area contributed by atoms with Crippen molar-refractivity contribution in [2.24, 2.45) is 0 Å². The zero-order valence-corrected chi connectivity index (χ0v) is 12.2. The maximum atomic E-state index is 13.1. The number of aliphatic hydroxyl groups is 1. The Balaban J connectivity index is 1.90. The molecule has 1 aromatic rings. The molecular weight excluding hydrogens is 331 g/mol. The van der Waals surface area contributed by atoms with Gasteiger partial charge >= 0.3 is 11.8 Å². The Labute approximate surface area is 123 Å². The first-order chi connectivity index (χ1) is 9.39. The third kappa shape index (κ3) is 3.55. The van der Waals surface area contributed by atoms with E-state index in [1.165, 1.54) is 12.1 Å². The van der Waals surface area contributed by atoms with Crippen LogP contribution in [0.2, 0.25) is 0 Å². The molecule has 0 bridgehead atoms. The fraction of sp³-hybridized carbons (Fsp3) is 0.385. The zero-order chi connectivity index (χ0) is 14.8. The van der Waals surface area contributed by atoms with Crippen molar-refractivity contribution in [1.29, 1.82) is 0 Å². The highest BCUT2D eigenvalue weighted by Gasteiger charge is 2.35. The van der Waals surface area contributed by atoms with Crippen molar-refractivity contribution in [3.8, 4) is 0 Å². The number of halogens is 2. The summed E-state index contributed by atoms with van der Waals surface area (Å²) in [7, 11) is 0. The van der Waals surface area contributed by atoms with Crippen molar-refractivity contribution < 1.29 is 19.1 Å². The zero-order valence-electron chi connectivity index (χ0n) is 10.6. The number of hydrogen-bond acceptors (Lipinski definition) is 3. The molecule has 1 saturated carbocycles. The summed E-state index contributed by atoms with van der Waals surface area (Å²) in [5, 5.41) is 14.5. The van der Waals surface area contributed by atoms with Crippen LogP contribution in [0.5, 0.6) is 0 Å². The van der Waals surface area contributed by atoms with Gasteiger partial charge in [0.1, 0.15) is 5.82 Å². The number of amides is 2. The van der Waals surface area contributed by atoms with Gasteiger partial charge in [-0.25, -0.2) is 4.39 Å². The van der Waals surface area contributed by atoms with E-state index in [1.54, 1.807) is 0 Å². The number of nitrogens with one attached hydrogen (secondary N) is 2. The molecule has 108 valence electrons. The molecule has 5 nitrogen and oxygen atoms in total. The normalized spacial score (nSPS) is 16.1. The summed E-state index contributed by atoms with van der Waals surface area (Å²) in [4.78, 5) is 23.2. The molecule has 2 amide bonds. The van der Waals surface area contributed by atoms with E-state index >= 15 is 0 Å². The van der Waals surface area contributed by atoms with Crippen molar-refractivity contribution >= 4 is 33.4 Å². The van der Waals surface area contributed by atoms with E-state index in [9.17, 15) is 19.1 Å².